The highest BCUT2D eigenvalue weighted by molar-refractivity contribution is 5.04. The summed E-state index contributed by atoms with van der Waals surface area (Å²) in [6.45, 7) is 8.08. The molecule has 1 aliphatic rings. The number of hydrogen-bond donors (Lipinski definition) is 1. The van der Waals surface area contributed by atoms with E-state index in [0.717, 1.165) is 0 Å². The number of nitrogens with zero attached hydrogens (tertiary/aromatic N) is 2. The van der Waals surface area contributed by atoms with Crippen molar-refractivity contribution in [3.63, 3.8) is 0 Å². The fraction of sp³-hybridized carbons (Fsp3) is 0.833. The standard InChI is InChI=1S/C12H20N2O3/c1-5-9(15)11-13-12(17-14-11)10-6(2)7(3)16-8(10)4/h6-10,15H,5H2,1-4H3. The summed E-state index contributed by atoms with van der Waals surface area (Å²) in [5.74, 6) is 1.42. The Morgan fingerprint density at radius 1 is 1.29 bits per heavy atom. The molecule has 96 valence electrons. The summed E-state index contributed by atoms with van der Waals surface area (Å²) in [5, 5.41) is 13.5. The van der Waals surface area contributed by atoms with Crippen LogP contribution in [0.15, 0.2) is 4.52 Å². The summed E-state index contributed by atoms with van der Waals surface area (Å²) in [7, 11) is 0. The molecule has 1 aliphatic heterocycles. The topological polar surface area (TPSA) is 68.4 Å². The second-order valence-electron chi connectivity index (χ2n) is 4.85. The van der Waals surface area contributed by atoms with Gasteiger partial charge in [0.25, 0.3) is 0 Å². The predicted octanol–water partition coefficient (Wildman–Crippen LogP) is 2.04. The third-order valence-electron chi connectivity index (χ3n) is 3.67. The van der Waals surface area contributed by atoms with E-state index in [1.807, 2.05) is 13.8 Å². The first-order chi connectivity index (χ1) is 8.04. The second kappa shape index (κ2) is 4.74. The fourth-order valence-electron chi connectivity index (χ4n) is 2.39. The molecule has 1 aromatic heterocycles. The van der Waals surface area contributed by atoms with Crippen LogP contribution in [0.5, 0.6) is 0 Å². The van der Waals surface area contributed by atoms with Gasteiger partial charge in [0.15, 0.2) is 5.82 Å². The van der Waals surface area contributed by atoms with E-state index in [9.17, 15) is 5.11 Å². The van der Waals surface area contributed by atoms with Gasteiger partial charge in [-0.15, -0.1) is 0 Å². The van der Waals surface area contributed by atoms with Crippen molar-refractivity contribution in [1.82, 2.24) is 10.1 Å². The lowest BCUT2D eigenvalue weighted by molar-refractivity contribution is 0.0542. The van der Waals surface area contributed by atoms with E-state index in [2.05, 4.69) is 24.0 Å². The molecule has 5 nitrogen and oxygen atoms in total. The molecule has 0 aliphatic carbocycles. The molecule has 2 rings (SSSR count). The highest BCUT2D eigenvalue weighted by Crippen LogP contribution is 2.39. The van der Waals surface area contributed by atoms with Crippen LogP contribution in [-0.2, 0) is 4.74 Å². The Morgan fingerprint density at radius 2 is 2.00 bits per heavy atom. The lowest BCUT2D eigenvalue weighted by Gasteiger charge is -2.13. The van der Waals surface area contributed by atoms with Crippen molar-refractivity contribution in [2.24, 2.45) is 5.92 Å². The Kier molecular flexibility index (Phi) is 3.49. The van der Waals surface area contributed by atoms with Gasteiger partial charge in [0, 0.05) is 0 Å². The second-order valence-corrected chi connectivity index (χ2v) is 4.85. The SMILES string of the molecule is CCC(O)c1noc(C2C(C)OC(C)C2C)n1. The lowest BCUT2D eigenvalue weighted by atomic mass is 9.89. The molecular formula is C12H20N2O3. The Balaban J connectivity index is 2.20. The summed E-state index contributed by atoms with van der Waals surface area (Å²) >= 11 is 0. The molecule has 5 atom stereocenters. The minimum atomic E-state index is -0.641. The van der Waals surface area contributed by atoms with Crippen LogP contribution in [-0.4, -0.2) is 27.5 Å². The molecule has 0 bridgehead atoms. The maximum atomic E-state index is 9.65. The van der Waals surface area contributed by atoms with Crippen LogP contribution in [0.3, 0.4) is 0 Å². The third-order valence-corrected chi connectivity index (χ3v) is 3.67. The average Bonchev–Trinajstić information content (AvgIpc) is 2.85. The van der Waals surface area contributed by atoms with Crippen molar-refractivity contribution >= 4 is 0 Å². The van der Waals surface area contributed by atoms with Crippen molar-refractivity contribution in [1.29, 1.82) is 0 Å². The smallest absolute Gasteiger partial charge is 0.232 e. The predicted molar refractivity (Wildman–Crippen MR) is 61.5 cm³/mol. The molecule has 1 fully saturated rings. The van der Waals surface area contributed by atoms with Crippen molar-refractivity contribution in [3.05, 3.63) is 11.7 Å². The van der Waals surface area contributed by atoms with Crippen LogP contribution < -0.4 is 0 Å². The number of aliphatic hydroxyl groups is 1. The monoisotopic (exact) mass is 240 g/mol. The van der Waals surface area contributed by atoms with Crippen molar-refractivity contribution in [3.8, 4) is 0 Å². The molecule has 1 aromatic rings. The largest absolute Gasteiger partial charge is 0.385 e. The summed E-state index contributed by atoms with van der Waals surface area (Å²) < 4.78 is 11.0. The molecule has 2 heterocycles. The molecule has 5 unspecified atom stereocenters. The maximum absolute atomic E-state index is 9.65. The Morgan fingerprint density at radius 3 is 2.53 bits per heavy atom. The van der Waals surface area contributed by atoms with Crippen LogP contribution in [0.25, 0.3) is 0 Å². The number of aliphatic hydroxyl groups excluding tert-OH is 1. The highest BCUT2D eigenvalue weighted by atomic mass is 16.5. The van der Waals surface area contributed by atoms with Crippen molar-refractivity contribution in [2.45, 2.75) is 58.3 Å². The molecule has 17 heavy (non-hydrogen) atoms. The quantitative estimate of drug-likeness (QED) is 0.875. The van der Waals surface area contributed by atoms with Gasteiger partial charge in [-0.25, -0.2) is 0 Å². The van der Waals surface area contributed by atoms with Gasteiger partial charge in [0.2, 0.25) is 5.89 Å². The first-order valence-electron chi connectivity index (χ1n) is 6.21. The van der Waals surface area contributed by atoms with Crippen LogP contribution in [0.4, 0.5) is 0 Å². The van der Waals surface area contributed by atoms with Gasteiger partial charge >= 0.3 is 0 Å². The Labute approximate surface area is 101 Å². The Hall–Kier alpha value is -0.940. The van der Waals surface area contributed by atoms with E-state index < -0.39 is 6.10 Å². The molecule has 5 heteroatoms. The molecule has 0 saturated carbocycles. The first-order valence-corrected chi connectivity index (χ1v) is 6.21. The van der Waals surface area contributed by atoms with Crippen molar-refractivity contribution < 1.29 is 14.4 Å². The van der Waals surface area contributed by atoms with Gasteiger partial charge < -0.3 is 14.4 Å². The fourth-order valence-corrected chi connectivity index (χ4v) is 2.39. The summed E-state index contributed by atoms with van der Waals surface area (Å²) in [6.07, 6.45) is 0.216. The molecule has 1 N–H and O–H groups in total. The van der Waals surface area contributed by atoms with Crippen LogP contribution in [0, 0.1) is 5.92 Å². The molecular weight excluding hydrogens is 220 g/mol. The molecule has 0 amide bonds. The summed E-state index contributed by atoms with van der Waals surface area (Å²) in [4.78, 5) is 4.29. The third kappa shape index (κ3) is 2.21. The van der Waals surface area contributed by atoms with Crippen LogP contribution in [0.2, 0.25) is 0 Å². The highest BCUT2D eigenvalue weighted by Gasteiger charge is 2.41. The zero-order valence-corrected chi connectivity index (χ0v) is 10.8. The van der Waals surface area contributed by atoms with Gasteiger partial charge in [-0.3, -0.25) is 0 Å². The molecule has 0 aromatic carbocycles. The van der Waals surface area contributed by atoms with Gasteiger partial charge in [-0.2, -0.15) is 4.98 Å². The normalized spacial score (nSPS) is 35.1. The van der Waals surface area contributed by atoms with Gasteiger partial charge in [-0.1, -0.05) is 19.0 Å². The average molecular weight is 240 g/mol. The minimum Gasteiger partial charge on any atom is -0.385 e. The van der Waals surface area contributed by atoms with Crippen LogP contribution >= 0.6 is 0 Å². The number of rotatable bonds is 3. The number of hydrogen-bond acceptors (Lipinski definition) is 5. The number of ether oxygens (including phenoxy) is 1. The van der Waals surface area contributed by atoms with Crippen molar-refractivity contribution in [2.75, 3.05) is 0 Å². The zero-order chi connectivity index (χ0) is 12.6. The molecule has 1 saturated heterocycles. The van der Waals surface area contributed by atoms with E-state index in [0.29, 0.717) is 24.1 Å². The summed E-state index contributed by atoms with van der Waals surface area (Å²) in [5.41, 5.74) is 0. The zero-order valence-electron chi connectivity index (χ0n) is 10.8. The number of aromatic nitrogens is 2. The first kappa shape index (κ1) is 12.5. The molecule has 0 radical (unpaired) electrons. The molecule has 0 spiro atoms. The van der Waals surface area contributed by atoms with E-state index in [-0.39, 0.29) is 18.1 Å². The van der Waals surface area contributed by atoms with Gasteiger partial charge in [-0.05, 0) is 26.2 Å². The van der Waals surface area contributed by atoms with E-state index in [1.54, 1.807) is 0 Å². The minimum absolute atomic E-state index is 0.0760. The van der Waals surface area contributed by atoms with Crippen LogP contribution in [0.1, 0.15) is 57.9 Å². The van der Waals surface area contributed by atoms with Gasteiger partial charge in [0.1, 0.15) is 6.10 Å². The van der Waals surface area contributed by atoms with Gasteiger partial charge in [0.05, 0.1) is 18.1 Å². The van der Waals surface area contributed by atoms with E-state index in [4.69, 9.17) is 9.26 Å². The van der Waals surface area contributed by atoms with E-state index >= 15 is 0 Å². The summed E-state index contributed by atoms with van der Waals surface area (Å²) in [6, 6.07) is 0. The Bertz CT molecular complexity index is 380. The maximum Gasteiger partial charge on any atom is 0.232 e. The lowest BCUT2D eigenvalue weighted by Crippen LogP contribution is -2.15. The van der Waals surface area contributed by atoms with E-state index in [1.165, 1.54) is 0 Å².